The van der Waals surface area contributed by atoms with Crippen molar-refractivity contribution in [2.45, 2.75) is 37.8 Å². The highest BCUT2D eigenvalue weighted by atomic mass is 32.2. The smallest absolute Gasteiger partial charge is 0.388 e. The fraction of sp³-hybridized carbons (Fsp3) is 0.500. The second-order valence-corrected chi connectivity index (χ2v) is 12.3. The third-order valence-electron chi connectivity index (χ3n) is 6.27. The molecule has 3 aromatic rings. The van der Waals surface area contributed by atoms with Gasteiger partial charge in [0.1, 0.15) is 23.5 Å². The molecule has 2 heterocycles. The molecule has 3 unspecified atom stereocenters. The van der Waals surface area contributed by atoms with Gasteiger partial charge in [0.15, 0.2) is 5.72 Å². The normalized spacial score (nSPS) is 22.6. The van der Waals surface area contributed by atoms with E-state index in [1.165, 1.54) is 18.4 Å². The van der Waals surface area contributed by atoms with Gasteiger partial charge in [-0.15, -0.1) is 11.3 Å². The molecule has 0 bridgehead atoms. The first-order chi connectivity index (χ1) is 17.2. The molecule has 10 nitrogen and oxygen atoms in total. The topological polar surface area (TPSA) is 141 Å². The maximum atomic E-state index is 12.8. The Hall–Kier alpha value is -2.59. The molecular formula is C22H27F3N6O4S2. The Morgan fingerprint density at radius 3 is 2.59 bits per heavy atom. The number of benzene rings is 1. The van der Waals surface area contributed by atoms with Gasteiger partial charge in [0, 0.05) is 19.5 Å². The Labute approximate surface area is 215 Å². The molecule has 0 spiro atoms. The van der Waals surface area contributed by atoms with Crippen LogP contribution >= 0.6 is 11.3 Å². The first-order valence-electron chi connectivity index (χ1n) is 11.3. The van der Waals surface area contributed by atoms with E-state index >= 15 is 0 Å². The minimum absolute atomic E-state index is 0.00472. The van der Waals surface area contributed by atoms with Crippen molar-refractivity contribution in [2.24, 2.45) is 5.92 Å². The lowest BCUT2D eigenvalue weighted by molar-refractivity contribution is -0.115. The number of sulfonamides is 1. The summed E-state index contributed by atoms with van der Waals surface area (Å²) >= 11 is 1.32. The first-order valence-corrected chi connectivity index (χ1v) is 14.0. The third-order valence-corrected chi connectivity index (χ3v) is 8.60. The van der Waals surface area contributed by atoms with Crippen LogP contribution in [0.2, 0.25) is 0 Å². The highest BCUT2D eigenvalue weighted by Gasteiger charge is 2.48. The molecule has 3 atom stereocenters. The van der Waals surface area contributed by atoms with Crippen LogP contribution < -0.4 is 10.6 Å². The molecule has 0 amide bonds. The quantitative estimate of drug-likeness (QED) is 0.306. The largest absolute Gasteiger partial charge is 0.405 e. The van der Waals surface area contributed by atoms with E-state index in [1.54, 1.807) is 6.92 Å². The summed E-state index contributed by atoms with van der Waals surface area (Å²) in [7, 11) is -2.12. The van der Waals surface area contributed by atoms with Crippen molar-refractivity contribution in [3.63, 3.8) is 0 Å². The number of aliphatic hydroxyl groups is 2. The number of aryl methyl sites for hydroxylation is 1. The van der Waals surface area contributed by atoms with Gasteiger partial charge in [-0.25, -0.2) is 22.7 Å². The molecule has 0 radical (unpaired) electrons. The highest BCUT2D eigenvalue weighted by Crippen LogP contribution is 2.41. The second kappa shape index (κ2) is 9.94. The van der Waals surface area contributed by atoms with Gasteiger partial charge >= 0.3 is 6.18 Å². The van der Waals surface area contributed by atoms with E-state index in [-0.39, 0.29) is 24.7 Å². The monoisotopic (exact) mass is 560 g/mol. The summed E-state index contributed by atoms with van der Waals surface area (Å²) in [5.74, 6) is -0.907. The van der Waals surface area contributed by atoms with Crippen molar-refractivity contribution < 1.29 is 31.8 Å². The zero-order chi connectivity index (χ0) is 27.2. The van der Waals surface area contributed by atoms with Crippen LogP contribution in [0.15, 0.2) is 24.3 Å². The van der Waals surface area contributed by atoms with E-state index < -0.39 is 40.5 Å². The molecule has 0 saturated heterocycles. The Morgan fingerprint density at radius 1 is 1.24 bits per heavy atom. The number of anilines is 2. The maximum Gasteiger partial charge on any atom is 0.405 e. The van der Waals surface area contributed by atoms with Crippen molar-refractivity contribution in [3.05, 3.63) is 30.0 Å². The van der Waals surface area contributed by atoms with E-state index in [0.717, 1.165) is 15.3 Å². The summed E-state index contributed by atoms with van der Waals surface area (Å²) < 4.78 is 64.0. The zero-order valence-corrected chi connectivity index (χ0v) is 21.9. The van der Waals surface area contributed by atoms with Gasteiger partial charge in [-0.3, -0.25) is 0 Å². The molecule has 1 fully saturated rings. The Bertz CT molecular complexity index is 1370. The molecule has 2 aromatic heterocycles. The Balaban J connectivity index is 1.71. The van der Waals surface area contributed by atoms with E-state index in [4.69, 9.17) is 0 Å². The van der Waals surface area contributed by atoms with Crippen LogP contribution in [0.25, 0.3) is 20.8 Å². The summed E-state index contributed by atoms with van der Waals surface area (Å²) in [4.78, 5) is 13.0. The number of para-hydroxylation sites is 1. The van der Waals surface area contributed by atoms with Crippen LogP contribution in [0, 0.1) is 12.8 Å². The van der Waals surface area contributed by atoms with Gasteiger partial charge in [-0.2, -0.15) is 18.2 Å². The number of alkyl halides is 3. The number of halogens is 3. The summed E-state index contributed by atoms with van der Waals surface area (Å²) in [6.07, 6.45) is -4.51. The number of fused-ring (bicyclic) bond motifs is 1. The minimum Gasteiger partial charge on any atom is -0.388 e. The fourth-order valence-corrected chi connectivity index (χ4v) is 5.78. The van der Waals surface area contributed by atoms with Crippen LogP contribution in [-0.4, -0.2) is 82.3 Å². The average Bonchev–Trinajstić information content (AvgIpc) is 3.33. The lowest BCUT2D eigenvalue weighted by Gasteiger charge is -2.32. The van der Waals surface area contributed by atoms with Gasteiger partial charge in [0.2, 0.25) is 16.0 Å². The average molecular weight is 561 g/mol. The van der Waals surface area contributed by atoms with Crippen LogP contribution in [0.4, 0.5) is 24.9 Å². The number of aliphatic hydroxyl groups excluding tert-OH is 1. The number of nitrogens with one attached hydrogen (secondary N) is 2. The van der Waals surface area contributed by atoms with Crippen LogP contribution in [0.5, 0.6) is 0 Å². The summed E-state index contributed by atoms with van der Waals surface area (Å²) in [5.41, 5.74) is -0.534. The molecule has 4 N–H and O–H groups in total. The minimum atomic E-state index is -4.50. The molecule has 1 aromatic carbocycles. The molecule has 202 valence electrons. The molecular weight excluding hydrogens is 533 g/mol. The van der Waals surface area contributed by atoms with E-state index in [1.807, 2.05) is 24.3 Å². The van der Waals surface area contributed by atoms with Crippen LogP contribution in [0.3, 0.4) is 0 Å². The fourth-order valence-electron chi connectivity index (χ4n) is 4.26. The molecule has 1 aliphatic carbocycles. The summed E-state index contributed by atoms with van der Waals surface area (Å²) in [6, 6.07) is 7.36. The number of thiazole rings is 1. The van der Waals surface area contributed by atoms with Gasteiger partial charge in [-0.05, 0) is 31.9 Å². The SMILES string of the molecule is Cc1nc(NCC(F)(F)F)nc(NC2(O)CCC(CN(C)S(C)(=O)=O)C2O)c1-c1nc2ccccc2s1. The van der Waals surface area contributed by atoms with E-state index in [0.29, 0.717) is 28.2 Å². The standard InChI is InChI=1S/C22H27F3N6O4S2/c1-12-16(19-28-14-6-4-5-7-15(14)36-19)18(29-20(27-12)26-11-22(23,24)25)30-21(33)9-8-13(17(21)32)10-31(2)37(3,34)35/h4-7,13,17,32-33H,8-11H2,1-3H3,(H2,26,27,29,30). The van der Waals surface area contributed by atoms with Crippen molar-refractivity contribution in [2.75, 3.05) is 37.0 Å². The molecule has 15 heteroatoms. The molecule has 37 heavy (non-hydrogen) atoms. The predicted molar refractivity (Wildman–Crippen MR) is 135 cm³/mol. The van der Waals surface area contributed by atoms with Gasteiger partial charge in [0.05, 0.1) is 27.7 Å². The second-order valence-electron chi connectivity index (χ2n) is 9.15. The lowest BCUT2D eigenvalue weighted by atomic mass is 10.0. The number of nitrogens with zero attached hydrogens (tertiary/aromatic N) is 4. The number of aromatic nitrogens is 3. The van der Waals surface area contributed by atoms with Gasteiger partial charge < -0.3 is 20.8 Å². The molecule has 0 aliphatic heterocycles. The van der Waals surface area contributed by atoms with Crippen molar-refractivity contribution in [1.29, 1.82) is 0 Å². The van der Waals surface area contributed by atoms with Crippen LogP contribution in [0.1, 0.15) is 18.5 Å². The Kier molecular flexibility index (Phi) is 7.38. The first kappa shape index (κ1) is 27.4. The molecule has 4 rings (SSSR count). The van der Waals surface area contributed by atoms with Gasteiger partial charge in [0.25, 0.3) is 0 Å². The van der Waals surface area contributed by atoms with Gasteiger partial charge in [-0.1, -0.05) is 12.1 Å². The summed E-state index contributed by atoms with van der Waals surface area (Å²) in [6.45, 7) is 0.209. The number of hydrogen-bond donors (Lipinski definition) is 4. The van der Waals surface area contributed by atoms with Crippen molar-refractivity contribution in [3.8, 4) is 10.6 Å². The van der Waals surface area contributed by atoms with E-state index in [9.17, 15) is 31.8 Å². The highest BCUT2D eigenvalue weighted by molar-refractivity contribution is 7.88. The van der Waals surface area contributed by atoms with E-state index in [2.05, 4.69) is 25.6 Å². The predicted octanol–water partition coefficient (Wildman–Crippen LogP) is 2.80. The van der Waals surface area contributed by atoms with Crippen molar-refractivity contribution in [1.82, 2.24) is 19.3 Å². The zero-order valence-electron chi connectivity index (χ0n) is 20.2. The molecule has 1 aliphatic rings. The van der Waals surface area contributed by atoms with Crippen molar-refractivity contribution >= 4 is 43.3 Å². The maximum absolute atomic E-state index is 12.8. The van der Waals surface area contributed by atoms with Crippen LogP contribution in [-0.2, 0) is 10.0 Å². The third kappa shape index (κ3) is 6.12. The summed E-state index contributed by atoms with van der Waals surface area (Å²) in [5, 5.41) is 27.8. The number of hydrogen-bond acceptors (Lipinski definition) is 10. The lowest BCUT2D eigenvalue weighted by Crippen LogP contribution is -2.49. The molecule has 1 saturated carbocycles. The number of rotatable bonds is 8. The Morgan fingerprint density at radius 2 is 1.95 bits per heavy atom.